The van der Waals surface area contributed by atoms with Gasteiger partial charge in [-0.05, 0) is 42.3 Å². The third-order valence-electron chi connectivity index (χ3n) is 4.84. The molecule has 0 fully saturated rings. The molecule has 0 saturated heterocycles. The molecular weight excluding hydrogens is 396 g/mol. The van der Waals surface area contributed by atoms with Gasteiger partial charge in [-0.15, -0.1) is 0 Å². The van der Waals surface area contributed by atoms with E-state index in [1.54, 1.807) is 19.1 Å². The Balaban J connectivity index is 1.68. The van der Waals surface area contributed by atoms with Gasteiger partial charge in [0.15, 0.2) is 5.13 Å². The Hall–Kier alpha value is -3.38. The molecule has 3 aromatic carbocycles. The van der Waals surface area contributed by atoms with Gasteiger partial charge in [0, 0.05) is 12.5 Å². The lowest BCUT2D eigenvalue weighted by Gasteiger charge is -2.21. The summed E-state index contributed by atoms with van der Waals surface area (Å²) in [5, 5.41) is 0.648. The number of para-hydroxylation sites is 2. The quantitative estimate of drug-likeness (QED) is 0.391. The summed E-state index contributed by atoms with van der Waals surface area (Å²) in [6, 6.07) is 23.2. The number of hydrogen-bond acceptors (Lipinski definition) is 5. The molecule has 0 N–H and O–H groups in total. The van der Waals surface area contributed by atoms with Crippen LogP contribution in [-0.2, 0) is 11.2 Å². The van der Waals surface area contributed by atoms with Crippen LogP contribution in [0.1, 0.15) is 12.0 Å². The topological polar surface area (TPSA) is 51.7 Å². The maximum atomic E-state index is 13.4. The van der Waals surface area contributed by atoms with E-state index < -0.39 is 0 Å². The molecule has 0 unspecified atom stereocenters. The first kappa shape index (κ1) is 19.9. The lowest BCUT2D eigenvalue weighted by atomic mass is 10.1. The molecule has 6 heteroatoms. The molecular formula is C24H22N2O3S. The van der Waals surface area contributed by atoms with Gasteiger partial charge < -0.3 is 9.47 Å². The molecule has 4 rings (SSSR count). The molecule has 0 atom stereocenters. The number of amides is 1. The van der Waals surface area contributed by atoms with Crippen LogP contribution >= 0.6 is 11.3 Å². The fourth-order valence-electron chi connectivity index (χ4n) is 3.33. The van der Waals surface area contributed by atoms with Crippen LogP contribution in [0.3, 0.4) is 0 Å². The van der Waals surface area contributed by atoms with Gasteiger partial charge in [-0.3, -0.25) is 9.69 Å². The average Bonchev–Trinajstić information content (AvgIpc) is 3.21. The summed E-state index contributed by atoms with van der Waals surface area (Å²) in [7, 11) is 3.26. The van der Waals surface area contributed by atoms with Gasteiger partial charge in [-0.2, -0.15) is 0 Å². The number of hydrogen-bond donors (Lipinski definition) is 0. The summed E-state index contributed by atoms with van der Waals surface area (Å²) in [5.74, 6) is 1.45. The van der Waals surface area contributed by atoms with Gasteiger partial charge in [0.2, 0.25) is 5.91 Å². The normalized spacial score (nSPS) is 10.7. The third kappa shape index (κ3) is 4.14. The van der Waals surface area contributed by atoms with Crippen molar-refractivity contribution in [2.45, 2.75) is 12.8 Å². The number of aryl methyl sites for hydroxylation is 1. The van der Waals surface area contributed by atoms with Crippen molar-refractivity contribution >= 4 is 38.3 Å². The first-order valence-corrected chi connectivity index (χ1v) is 10.5. The Morgan fingerprint density at radius 3 is 2.57 bits per heavy atom. The summed E-state index contributed by atoms with van der Waals surface area (Å²) < 4.78 is 11.8. The highest BCUT2D eigenvalue weighted by atomic mass is 32.1. The molecule has 1 heterocycles. The highest BCUT2D eigenvalue weighted by Gasteiger charge is 2.22. The molecule has 0 spiro atoms. The van der Waals surface area contributed by atoms with Crippen LogP contribution in [0.4, 0.5) is 10.8 Å². The molecule has 1 aromatic heterocycles. The van der Waals surface area contributed by atoms with Crippen molar-refractivity contribution in [1.29, 1.82) is 0 Å². The Morgan fingerprint density at radius 1 is 0.967 bits per heavy atom. The second-order valence-electron chi connectivity index (χ2n) is 6.71. The minimum absolute atomic E-state index is 0.0341. The number of carbonyl (C=O) groups is 1. The molecule has 4 aromatic rings. The lowest BCUT2D eigenvalue weighted by molar-refractivity contribution is -0.117. The fraction of sp³-hybridized carbons (Fsp3) is 0.167. The van der Waals surface area contributed by atoms with E-state index in [0.29, 0.717) is 23.7 Å². The van der Waals surface area contributed by atoms with Gasteiger partial charge in [0.05, 0.1) is 30.1 Å². The fourth-order valence-corrected chi connectivity index (χ4v) is 4.33. The predicted molar refractivity (Wildman–Crippen MR) is 121 cm³/mol. The van der Waals surface area contributed by atoms with Crippen LogP contribution in [0.2, 0.25) is 0 Å². The maximum absolute atomic E-state index is 13.4. The summed E-state index contributed by atoms with van der Waals surface area (Å²) >= 11 is 1.50. The van der Waals surface area contributed by atoms with Crippen LogP contribution < -0.4 is 14.4 Å². The van der Waals surface area contributed by atoms with E-state index in [4.69, 9.17) is 14.5 Å². The second-order valence-corrected chi connectivity index (χ2v) is 7.72. The number of carbonyl (C=O) groups excluding carboxylic acids is 1. The van der Waals surface area contributed by atoms with Crippen LogP contribution in [-0.4, -0.2) is 25.1 Å². The van der Waals surface area contributed by atoms with Crippen molar-refractivity contribution in [3.05, 3.63) is 78.4 Å². The molecule has 0 aliphatic rings. The summed E-state index contributed by atoms with van der Waals surface area (Å²) in [5.41, 5.74) is 2.62. The van der Waals surface area contributed by atoms with Gasteiger partial charge in [-0.25, -0.2) is 4.98 Å². The summed E-state index contributed by atoms with van der Waals surface area (Å²) in [6.07, 6.45) is 0.904. The number of thiazole rings is 1. The second kappa shape index (κ2) is 8.97. The van der Waals surface area contributed by atoms with Crippen molar-refractivity contribution in [3.63, 3.8) is 0 Å². The third-order valence-corrected chi connectivity index (χ3v) is 5.86. The Labute approximate surface area is 179 Å². The Kier molecular flexibility index (Phi) is 5.95. The number of rotatable bonds is 7. The predicted octanol–water partition coefficient (Wildman–Crippen LogP) is 5.61. The number of anilines is 2. The minimum atomic E-state index is -0.0341. The number of ether oxygens (including phenoxy) is 2. The average molecular weight is 419 g/mol. The van der Waals surface area contributed by atoms with E-state index in [1.165, 1.54) is 11.3 Å². The van der Waals surface area contributed by atoms with E-state index in [1.807, 2.05) is 72.8 Å². The molecule has 0 bridgehead atoms. The van der Waals surface area contributed by atoms with E-state index in [9.17, 15) is 4.79 Å². The van der Waals surface area contributed by atoms with Gasteiger partial charge >= 0.3 is 0 Å². The molecule has 1 amide bonds. The lowest BCUT2D eigenvalue weighted by Crippen LogP contribution is -2.26. The molecule has 152 valence electrons. The van der Waals surface area contributed by atoms with Crippen molar-refractivity contribution in [2.75, 3.05) is 19.1 Å². The maximum Gasteiger partial charge on any atom is 0.233 e. The molecule has 0 aliphatic carbocycles. The van der Waals surface area contributed by atoms with Crippen LogP contribution in [0.5, 0.6) is 11.5 Å². The van der Waals surface area contributed by atoms with Crippen molar-refractivity contribution in [3.8, 4) is 11.5 Å². The smallest absolute Gasteiger partial charge is 0.233 e. The van der Waals surface area contributed by atoms with Crippen LogP contribution in [0, 0.1) is 0 Å². The van der Waals surface area contributed by atoms with Gasteiger partial charge in [-0.1, -0.05) is 47.7 Å². The van der Waals surface area contributed by atoms with E-state index >= 15 is 0 Å². The standard InChI is InChI=1S/C24H22N2O3S/c1-28-19-10-7-9-18(16-19)26(24-25-20-11-4-6-13-22(20)30-24)23(27)15-14-17-8-3-5-12-21(17)29-2/h3-13,16H,14-15H2,1-2H3. The first-order chi connectivity index (χ1) is 14.7. The number of fused-ring (bicyclic) bond motifs is 1. The molecule has 0 aliphatic heterocycles. The van der Waals surface area contributed by atoms with Crippen LogP contribution in [0.25, 0.3) is 10.2 Å². The number of nitrogens with zero attached hydrogens (tertiary/aromatic N) is 2. The highest BCUT2D eigenvalue weighted by molar-refractivity contribution is 7.22. The number of aromatic nitrogens is 1. The number of methoxy groups -OCH3 is 2. The molecule has 30 heavy (non-hydrogen) atoms. The first-order valence-electron chi connectivity index (χ1n) is 9.64. The molecule has 0 saturated carbocycles. The Morgan fingerprint density at radius 2 is 1.77 bits per heavy atom. The zero-order valence-electron chi connectivity index (χ0n) is 16.9. The van der Waals surface area contributed by atoms with Crippen molar-refractivity contribution < 1.29 is 14.3 Å². The van der Waals surface area contributed by atoms with E-state index in [-0.39, 0.29) is 5.91 Å². The zero-order chi connectivity index (χ0) is 20.9. The monoisotopic (exact) mass is 418 g/mol. The van der Waals surface area contributed by atoms with Crippen LogP contribution in [0.15, 0.2) is 72.8 Å². The molecule has 5 nitrogen and oxygen atoms in total. The van der Waals surface area contributed by atoms with Gasteiger partial charge in [0.25, 0.3) is 0 Å². The summed E-state index contributed by atoms with van der Waals surface area (Å²) in [4.78, 5) is 19.8. The van der Waals surface area contributed by atoms with E-state index in [0.717, 1.165) is 27.2 Å². The van der Waals surface area contributed by atoms with E-state index in [2.05, 4.69) is 0 Å². The summed E-state index contributed by atoms with van der Waals surface area (Å²) in [6.45, 7) is 0. The number of benzene rings is 3. The highest BCUT2D eigenvalue weighted by Crippen LogP contribution is 2.35. The zero-order valence-corrected chi connectivity index (χ0v) is 17.7. The SMILES string of the molecule is COc1cccc(N(C(=O)CCc2ccccc2OC)c2nc3ccccc3s2)c1. The van der Waals surface area contributed by atoms with Gasteiger partial charge in [0.1, 0.15) is 11.5 Å². The Bertz CT molecular complexity index is 1140. The van der Waals surface area contributed by atoms with Crippen molar-refractivity contribution in [1.82, 2.24) is 4.98 Å². The minimum Gasteiger partial charge on any atom is -0.497 e. The molecule has 0 radical (unpaired) electrons. The van der Waals surface area contributed by atoms with Crippen molar-refractivity contribution in [2.24, 2.45) is 0 Å². The largest absolute Gasteiger partial charge is 0.497 e.